The molecule has 0 saturated heterocycles. The van der Waals surface area contributed by atoms with Crippen LogP contribution in [0.4, 0.5) is 11.4 Å². The number of hydrogen-bond acceptors (Lipinski definition) is 6. The summed E-state index contributed by atoms with van der Waals surface area (Å²) in [4.78, 5) is 51.7. The van der Waals surface area contributed by atoms with E-state index in [1.807, 2.05) is 84.9 Å². The number of aryl methyl sites for hydroxylation is 2. The van der Waals surface area contributed by atoms with Crippen LogP contribution in [0.3, 0.4) is 0 Å². The van der Waals surface area contributed by atoms with Crippen molar-refractivity contribution in [1.29, 1.82) is 0 Å². The third kappa shape index (κ3) is 6.76. The highest BCUT2D eigenvalue weighted by Crippen LogP contribution is 2.17. The minimum atomic E-state index is -0.368. The van der Waals surface area contributed by atoms with E-state index in [2.05, 4.69) is 20.8 Å². The highest BCUT2D eigenvalue weighted by molar-refractivity contribution is 6.00. The Morgan fingerprint density at radius 1 is 0.553 bits per heavy atom. The zero-order chi connectivity index (χ0) is 32.9. The van der Waals surface area contributed by atoms with Gasteiger partial charge in [0.05, 0.1) is 24.5 Å². The Bertz CT molecular complexity index is 1980. The highest BCUT2D eigenvalue weighted by Gasteiger charge is 2.20. The molecule has 0 unspecified atom stereocenters. The highest BCUT2D eigenvalue weighted by atomic mass is 16.2. The van der Waals surface area contributed by atoms with Crippen LogP contribution < -0.4 is 21.8 Å². The zero-order valence-corrected chi connectivity index (χ0v) is 26.0. The van der Waals surface area contributed by atoms with Crippen molar-refractivity contribution in [3.8, 4) is 11.4 Å². The predicted octanol–water partition coefficient (Wildman–Crippen LogP) is 5.44. The molecule has 6 rings (SSSR count). The first-order valence-corrected chi connectivity index (χ1v) is 15.2. The van der Waals surface area contributed by atoms with Gasteiger partial charge in [0, 0.05) is 22.8 Å². The number of para-hydroxylation sites is 2. The fraction of sp³-hybridized carbons (Fsp3) is 0.135. The number of carbonyl (C=O) groups excluding carboxylic acids is 2. The van der Waals surface area contributed by atoms with Crippen LogP contribution in [0.25, 0.3) is 11.4 Å². The van der Waals surface area contributed by atoms with Crippen molar-refractivity contribution in [1.82, 2.24) is 19.6 Å². The lowest BCUT2D eigenvalue weighted by Gasteiger charge is -2.09. The molecule has 47 heavy (non-hydrogen) atoms. The second kappa shape index (κ2) is 13.5. The minimum Gasteiger partial charge on any atom is -0.378 e. The van der Waals surface area contributed by atoms with Gasteiger partial charge in [-0.15, -0.1) is 0 Å². The van der Waals surface area contributed by atoms with Gasteiger partial charge < -0.3 is 10.6 Å². The zero-order valence-electron chi connectivity index (χ0n) is 26.0. The fourth-order valence-electron chi connectivity index (χ4n) is 5.53. The van der Waals surface area contributed by atoms with Crippen LogP contribution in [0.2, 0.25) is 0 Å². The maximum atomic E-state index is 12.9. The van der Waals surface area contributed by atoms with Gasteiger partial charge in [0.1, 0.15) is 11.1 Å². The van der Waals surface area contributed by atoms with E-state index in [1.54, 1.807) is 38.1 Å². The smallest absolute Gasteiger partial charge is 0.282 e. The van der Waals surface area contributed by atoms with Crippen molar-refractivity contribution < 1.29 is 9.59 Å². The number of nitrogens with one attached hydrogen (secondary N) is 4. The number of H-pyrrole nitrogens is 2. The Kier molecular flexibility index (Phi) is 8.83. The Morgan fingerprint density at radius 2 is 0.915 bits per heavy atom. The number of aromatic nitrogens is 4. The van der Waals surface area contributed by atoms with Crippen LogP contribution in [0.15, 0.2) is 119 Å². The van der Waals surface area contributed by atoms with Crippen LogP contribution in [0, 0.1) is 13.8 Å². The monoisotopic (exact) mass is 626 g/mol. The first kappa shape index (κ1) is 30.8. The largest absolute Gasteiger partial charge is 0.378 e. The van der Waals surface area contributed by atoms with Crippen LogP contribution >= 0.6 is 0 Å². The molecule has 0 saturated carbocycles. The van der Waals surface area contributed by atoms with Crippen molar-refractivity contribution in [2.75, 3.05) is 23.7 Å². The second-order valence-electron chi connectivity index (χ2n) is 11.3. The molecular weight excluding hydrogens is 592 g/mol. The molecule has 2 aromatic heterocycles. The summed E-state index contributed by atoms with van der Waals surface area (Å²) in [6.07, 6.45) is 0.696. The molecule has 4 N–H and O–H groups in total. The lowest BCUT2D eigenvalue weighted by Crippen LogP contribution is -2.24. The maximum Gasteiger partial charge on any atom is 0.282 e. The maximum absolute atomic E-state index is 12.9. The number of carbonyl (C=O) groups is 2. The van der Waals surface area contributed by atoms with Gasteiger partial charge in [-0.25, -0.2) is 9.36 Å². The van der Waals surface area contributed by atoms with Crippen molar-refractivity contribution in [3.05, 3.63) is 164 Å². The third-order valence-corrected chi connectivity index (χ3v) is 7.95. The number of nitrogens with zero attached hydrogens (tertiary/aromatic N) is 2. The quantitative estimate of drug-likeness (QED) is 0.134. The van der Waals surface area contributed by atoms with Crippen LogP contribution in [0.1, 0.15) is 43.2 Å². The molecule has 236 valence electrons. The van der Waals surface area contributed by atoms with E-state index in [9.17, 15) is 19.2 Å². The van der Waals surface area contributed by atoms with E-state index in [1.165, 1.54) is 9.36 Å². The van der Waals surface area contributed by atoms with Gasteiger partial charge in [-0.1, -0.05) is 60.7 Å². The molecule has 0 aliphatic rings. The molecule has 0 spiro atoms. The molecule has 0 radical (unpaired) electrons. The fourth-order valence-corrected chi connectivity index (χ4v) is 5.53. The molecule has 10 nitrogen and oxygen atoms in total. The van der Waals surface area contributed by atoms with Gasteiger partial charge in [-0.2, -0.15) is 0 Å². The van der Waals surface area contributed by atoms with Crippen LogP contribution in [-0.2, 0) is 6.42 Å². The average molecular weight is 627 g/mol. The lowest BCUT2D eigenvalue weighted by atomic mass is 10.0. The molecule has 0 atom stereocenters. The number of Topliss-reactive ketones (excluding diaryl/α,β-unsaturated/α-hetero) is 2. The van der Waals surface area contributed by atoms with Gasteiger partial charge in [-0.3, -0.25) is 29.4 Å². The molecule has 0 aliphatic heterocycles. The summed E-state index contributed by atoms with van der Waals surface area (Å²) in [5.74, 6) is -0.573. The first-order chi connectivity index (χ1) is 22.8. The van der Waals surface area contributed by atoms with Crippen molar-refractivity contribution in [2.45, 2.75) is 20.3 Å². The van der Waals surface area contributed by atoms with Crippen molar-refractivity contribution >= 4 is 22.9 Å². The molecule has 10 heteroatoms. The summed E-state index contributed by atoms with van der Waals surface area (Å²) < 4.78 is 2.77. The van der Waals surface area contributed by atoms with Crippen molar-refractivity contribution in [3.63, 3.8) is 0 Å². The number of hydrogen-bond donors (Lipinski definition) is 4. The average Bonchev–Trinajstić information content (AvgIpc) is 3.57. The summed E-state index contributed by atoms with van der Waals surface area (Å²) in [5, 5.41) is 12.2. The van der Waals surface area contributed by atoms with Gasteiger partial charge in [0.15, 0.2) is 11.6 Å². The Hall–Kier alpha value is -6.16. The standard InChI is InChI=1S/C37H34N6O4/c1-24-34(36(46)42(40-24)30-9-5-3-6-10-30)32(44)22-38-28-17-13-26(14-18-28)21-27-15-19-29(20-16-27)39-23-33(45)35-25(2)41-43(37(35)47)31-11-7-4-8-12-31/h3-20,38-41H,21-23H2,1-2H3. The minimum absolute atomic E-state index is 0.00809. The first-order valence-electron chi connectivity index (χ1n) is 15.2. The third-order valence-electron chi connectivity index (χ3n) is 7.95. The summed E-state index contributed by atoms with van der Waals surface area (Å²) in [5.41, 5.74) is 5.66. The Labute approximate surface area is 270 Å². The summed E-state index contributed by atoms with van der Waals surface area (Å²) in [7, 11) is 0. The predicted molar refractivity (Wildman–Crippen MR) is 184 cm³/mol. The molecule has 0 aliphatic carbocycles. The van der Waals surface area contributed by atoms with E-state index in [0.717, 1.165) is 22.5 Å². The van der Waals surface area contributed by atoms with Gasteiger partial charge >= 0.3 is 0 Å². The molecule has 0 amide bonds. The van der Waals surface area contributed by atoms with E-state index in [4.69, 9.17) is 0 Å². The number of rotatable bonds is 12. The normalized spacial score (nSPS) is 10.9. The number of aromatic amines is 2. The lowest BCUT2D eigenvalue weighted by molar-refractivity contribution is 0.0996. The molecule has 2 heterocycles. The van der Waals surface area contributed by atoms with E-state index < -0.39 is 0 Å². The summed E-state index contributed by atoms with van der Waals surface area (Å²) in [6.45, 7) is 3.43. The van der Waals surface area contributed by atoms with E-state index in [0.29, 0.717) is 29.2 Å². The van der Waals surface area contributed by atoms with Gasteiger partial charge in [0.2, 0.25) is 0 Å². The SMILES string of the molecule is Cc1[nH]n(-c2ccccc2)c(=O)c1C(=O)CNc1ccc(Cc2ccc(NCC(=O)c3c(C)[nH]n(-c4ccccc4)c3=O)cc2)cc1. The summed E-state index contributed by atoms with van der Waals surface area (Å²) in [6, 6.07) is 33.9. The number of ketones is 2. The van der Waals surface area contributed by atoms with E-state index in [-0.39, 0.29) is 46.9 Å². The van der Waals surface area contributed by atoms with E-state index >= 15 is 0 Å². The second-order valence-corrected chi connectivity index (χ2v) is 11.3. The Morgan fingerprint density at radius 3 is 1.28 bits per heavy atom. The molecule has 4 aromatic carbocycles. The molecule has 0 bridgehead atoms. The molecule has 6 aromatic rings. The molecule has 0 fully saturated rings. The van der Waals surface area contributed by atoms with Gasteiger partial charge in [-0.05, 0) is 79.9 Å². The number of benzene rings is 4. The van der Waals surface area contributed by atoms with Gasteiger partial charge in [0.25, 0.3) is 11.1 Å². The Balaban J connectivity index is 1.01. The van der Waals surface area contributed by atoms with Crippen molar-refractivity contribution in [2.24, 2.45) is 0 Å². The number of anilines is 2. The topological polar surface area (TPSA) is 134 Å². The van der Waals surface area contributed by atoms with Crippen LogP contribution in [0.5, 0.6) is 0 Å². The molecular formula is C37H34N6O4. The summed E-state index contributed by atoms with van der Waals surface area (Å²) >= 11 is 0. The van der Waals surface area contributed by atoms with Crippen LogP contribution in [-0.4, -0.2) is 44.2 Å².